The molecule has 0 bridgehead atoms. The monoisotopic (exact) mass is 365 g/mol. The van der Waals surface area contributed by atoms with Gasteiger partial charge < -0.3 is 10.1 Å². The van der Waals surface area contributed by atoms with Crippen LogP contribution in [0.5, 0.6) is 5.75 Å². The third kappa shape index (κ3) is 3.72. The topological polar surface area (TPSA) is 94.6 Å². The van der Waals surface area contributed by atoms with Gasteiger partial charge in [0.15, 0.2) is 4.34 Å². The Hall–Kier alpha value is -3.07. The minimum Gasteiger partial charge on any atom is -0.495 e. The van der Waals surface area contributed by atoms with Crippen LogP contribution in [0.2, 0.25) is 0 Å². The van der Waals surface area contributed by atoms with E-state index in [0.717, 1.165) is 5.69 Å². The second-order valence-corrected chi connectivity index (χ2v) is 6.94. The highest BCUT2D eigenvalue weighted by Gasteiger charge is 2.14. The van der Waals surface area contributed by atoms with E-state index >= 15 is 0 Å². The van der Waals surface area contributed by atoms with Crippen molar-refractivity contribution in [3.8, 4) is 17.9 Å². The third-order valence-electron chi connectivity index (χ3n) is 3.20. The van der Waals surface area contributed by atoms with E-state index < -0.39 is 0 Å². The van der Waals surface area contributed by atoms with Crippen molar-refractivity contribution in [3.05, 3.63) is 53.6 Å². The summed E-state index contributed by atoms with van der Waals surface area (Å²) in [5.41, 5.74) is 1.67. The molecule has 2 aromatic carbocycles. The van der Waals surface area contributed by atoms with E-state index in [-0.39, 0.29) is 0 Å². The number of benzene rings is 2. The van der Waals surface area contributed by atoms with Gasteiger partial charge in [-0.05, 0) is 24.3 Å². The lowest BCUT2D eigenvalue weighted by molar-refractivity contribution is 0.417. The summed E-state index contributed by atoms with van der Waals surface area (Å²) >= 11 is 2.60. The zero-order chi connectivity index (χ0) is 17.6. The van der Waals surface area contributed by atoms with Crippen LogP contribution in [0.25, 0.3) is 0 Å². The standard InChI is InChI=1S/C17H11N5OS2/c1-23-14-8-3-2-7-13(14)20-16-21-22-17(25-16)24-15-11(9-18)5-4-6-12(15)10-19/h2-8H,1H3,(H,20,21). The Morgan fingerprint density at radius 3 is 2.44 bits per heavy atom. The average Bonchev–Trinajstić information content (AvgIpc) is 3.09. The van der Waals surface area contributed by atoms with Gasteiger partial charge in [0.1, 0.15) is 17.9 Å². The quantitative estimate of drug-likeness (QED) is 0.724. The molecule has 25 heavy (non-hydrogen) atoms. The number of methoxy groups -OCH3 is 1. The molecule has 0 fully saturated rings. The largest absolute Gasteiger partial charge is 0.495 e. The number of hydrogen-bond acceptors (Lipinski definition) is 8. The Morgan fingerprint density at radius 1 is 1.04 bits per heavy atom. The predicted octanol–water partition coefficient (Wildman–Crippen LogP) is 4.18. The van der Waals surface area contributed by atoms with Crippen LogP contribution in [-0.2, 0) is 0 Å². The first-order valence-electron chi connectivity index (χ1n) is 7.09. The van der Waals surface area contributed by atoms with Crippen LogP contribution in [0.3, 0.4) is 0 Å². The average molecular weight is 365 g/mol. The highest BCUT2D eigenvalue weighted by molar-refractivity contribution is 8.01. The molecule has 1 N–H and O–H groups in total. The number of ether oxygens (including phenoxy) is 1. The van der Waals surface area contributed by atoms with Gasteiger partial charge in [0.25, 0.3) is 0 Å². The van der Waals surface area contributed by atoms with E-state index in [4.69, 9.17) is 4.74 Å². The van der Waals surface area contributed by atoms with Crippen molar-refractivity contribution in [2.24, 2.45) is 0 Å². The molecule has 122 valence electrons. The number of para-hydroxylation sites is 2. The summed E-state index contributed by atoms with van der Waals surface area (Å²) in [7, 11) is 1.60. The van der Waals surface area contributed by atoms with Crippen molar-refractivity contribution in [3.63, 3.8) is 0 Å². The van der Waals surface area contributed by atoms with Gasteiger partial charge in [-0.25, -0.2) is 0 Å². The first kappa shape index (κ1) is 16.8. The molecular weight excluding hydrogens is 354 g/mol. The Balaban J connectivity index is 1.84. The number of hydrogen-bond donors (Lipinski definition) is 1. The van der Waals surface area contributed by atoms with E-state index in [1.54, 1.807) is 25.3 Å². The summed E-state index contributed by atoms with van der Waals surface area (Å²) in [6, 6.07) is 16.8. The molecular formula is C17H11N5OS2. The van der Waals surface area contributed by atoms with Crippen LogP contribution in [0.15, 0.2) is 51.7 Å². The smallest absolute Gasteiger partial charge is 0.211 e. The second kappa shape index (κ2) is 7.67. The minimum atomic E-state index is 0.443. The van der Waals surface area contributed by atoms with Gasteiger partial charge in [0, 0.05) is 0 Å². The van der Waals surface area contributed by atoms with Gasteiger partial charge in [-0.3, -0.25) is 0 Å². The molecule has 0 aliphatic carbocycles. The maximum Gasteiger partial charge on any atom is 0.211 e. The molecule has 0 saturated carbocycles. The van der Waals surface area contributed by atoms with E-state index in [0.29, 0.717) is 31.2 Å². The predicted molar refractivity (Wildman–Crippen MR) is 96.2 cm³/mol. The minimum absolute atomic E-state index is 0.443. The third-order valence-corrected chi connectivity index (χ3v) is 5.23. The van der Waals surface area contributed by atoms with Gasteiger partial charge in [-0.1, -0.05) is 41.3 Å². The molecule has 3 rings (SSSR count). The van der Waals surface area contributed by atoms with Crippen LogP contribution in [-0.4, -0.2) is 17.3 Å². The molecule has 3 aromatic rings. The van der Waals surface area contributed by atoms with Gasteiger partial charge in [0.2, 0.25) is 5.13 Å². The normalized spacial score (nSPS) is 9.88. The maximum absolute atomic E-state index is 9.24. The van der Waals surface area contributed by atoms with Crippen LogP contribution in [0.1, 0.15) is 11.1 Å². The van der Waals surface area contributed by atoms with Gasteiger partial charge >= 0.3 is 0 Å². The summed E-state index contributed by atoms with van der Waals surface area (Å²) in [5.74, 6) is 0.702. The Kier molecular flexibility index (Phi) is 5.14. The molecule has 0 aliphatic heterocycles. The molecule has 0 unspecified atom stereocenters. The van der Waals surface area contributed by atoms with Crippen LogP contribution in [0, 0.1) is 22.7 Å². The summed E-state index contributed by atoms with van der Waals surface area (Å²) in [6.07, 6.45) is 0. The highest BCUT2D eigenvalue weighted by Crippen LogP contribution is 2.37. The summed E-state index contributed by atoms with van der Waals surface area (Å²) in [4.78, 5) is 0.590. The molecule has 6 nitrogen and oxygen atoms in total. The second-order valence-electron chi connectivity index (χ2n) is 4.71. The van der Waals surface area contributed by atoms with Gasteiger partial charge in [-0.2, -0.15) is 10.5 Å². The van der Waals surface area contributed by atoms with Crippen molar-refractivity contribution in [2.75, 3.05) is 12.4 Å². The van der Waals surface area contributed by atoms with Gasteiger partial charge in [0.05, 0.1) is 28.8 Å². The van der Waals surface area contributed by atoms with Crippen LogP contribution in [0.4, 0.5) is 10.8 Å². The molecule has 0 amide bonds. The molecule has 0 radical (unpaired) electrons. The molecule has 0 spiro atoms. The van der Waals surface area contributed by atoms with E-state index in [2.05, 4.69) is 27.7 Å². The highest BCUT2D eigenvalue weighted by atomic mass is 32.2. The van der Waals surface area contributed by atoms with Crippen molar-refractivity contribution < 1.29 is 4.74 Å². The Labute approximate surface area is 152 Å². The van der Waals surface area contributed by atoms with Crippen LogP contribution < -0.4 is 10.1 Å². The molecule has 0 atom stereocenters. The SMILES string of the molecule is COc1ccccc1Nc1nnc(Sc2c(C#N)cccc2C#N)s1. The number of rotatable bonds is 5. The summed E-state index contributed by atoms with van der Waals surface area (Å²) < 4.78 is 5.93. The van der Waals surface area contributed by atoms with E-state index in [1.807, 2.05) is 24.3 Å². The maximum atomic E-state index is 9.24. The lowest BCUT2D eigenvalue weighted by Crippen LogP contribution is -1.93. The molecule has 0 aliphatic rings. The number of anilines is 2. The lowest BCUT2D eigenvalue weighted by Gasteiger charge is -2.07. The number of aromatic nitrogens is 2. The first-order valence-corrected chi connectivity index (χ1v) is 8.73. The van der Waals surface area contributed by atoms with Gasteiger partial charge in [-0.15, -0.1) is 10.2 Å². The van der Waals surface area contributed by atoms with E-state index in [9.17, 15) is 10.5 Å². The zero-order valence-corrected chi connectivity index (χ0v) is 14.7. The Bertz CT molecular complexity index is 955. The van der Waals surface area contributed by atoms with Crippen molar-refractivity contribution >= 4 is 33.9 Å². The molecule has 0 saturated heterocycles. The lowest BCUT2D eigenvalue weighted by atomic mass is 10.1. The fourth-order valence-corrected chi connectivity index (χ4v) is 3.92. The number of nitrogens with one attached hydrogen (secondary N) is 1. The summed E-state index contributed by atoms with van der Waals surface area (Å²) in [5, 5.41) is 30.5. The Morgan fingerprint density at radius 2 is 1.76 bits per heavy atom. The van der Waals surface area contributed by atoms with E-state index in [1.165, 1.54) is 23.1 Å². The van der Waals surface area contributed by atoms with Crippen molar-refractivity contribution in [2.45, 2.75) is 9.24 Å². The van der Waals surface area contributed by atoms with Crippen molar-refractivity contribution in [1.29, 1.82) is 10.5 Å². The van der Waals surface area contributed by atoms with Crippen molar-refractivity contribution in [1.82, 2.24) is 10.2 Å². The summed E-state index contributed by atoms with van der Waals surface area (Å²) in [6.45, 7) is 0. The fraction of sp³-hybridized carbons (Fsp3) is 0.0588. The molecule has 1 aromatic heterocycles. The zero-order valence-electron chi connectivity index (χ0n) is 13.1. The molecule has 1 heterocycles. The van der Waals surface area contributed by atoms with Crippen LogP contribution >= 0.6 is 23.1 Å². The number of nitriles is 2. The number of nitrogens with zero attached hydrogens (tertiary/aromatic N) is 4. The first-order chi connectivity index (χ1) is 12.2. The fourth-order valence-electron chi connectivity index (χ4n) is 2.08. The molecule has 8 heteroatoms.